The van der Waals surface area contributed by atoms with E-state index in [-0.39, 0.29) is 5.91 Å². The van der Waals surface area contributed by atoms with E-state index in [2.05, 4.69) is 15.6 Å². The Morgan fingerprint density at radius 1 is 1.50 bits per heavy atom. The maximum atomic E-state index is 11.6. The molecule has 1 amide bonds. The van der Waals surface area contributed by atoms with Crippen molar-refractivity contribution in [1.29, 1.82) is 0 Å². The summed E-state index contributed by atoms with van der Waals surface area (Å²) < 4.78 is 0. The summed E-state index contributed by atoms with van der Waals surface area (Å²) in [6, 6.07) is 4.13. The van der Waals surface area contributed by atoms with Gasteiger partial charge in [-0.3, -0.25) is 9.78 Å². The van der Waals surface area contributed by atoms with Gasteiger partial charge in [0.05, 0.1) is 0 Å². The molecule has 2 rings (SSSR count). The average molecular weight is 219 g/mol. The van der Waals surface area contributed by atoms with Gasteiger partial charge in [-0.25, -0.2) is 0 Å². The number of nitrogens with zero attached hydrogens (tertiary/aromatic N) is 1. The molecular formula is C12H17N3O. The molecule has 1 aliphatic heterocycles. The Hall–Kier alpha value is -1.42. The third kappa shape index (κ3) is 3.31. The van der Waals surface area contributed by atoms with Crippen LogP contribution in [0.1, 0.15) is 25.7 Å². The molecule has 1 fully saturated rings. The second kappa shape index (κ2) is 5.61. The lowest BCUT2D eigenvalue weighted by atomic mass is 10.1. The van der Waals surface area contributed by atoms with E-state index in [4.69, 9.17) is 0 Å². The van der Waals surface area contributed by atoms with Crippen molar-refractivity contribution in [1.82, 2.24) is 10.3 Å². The molecule has 0 spiro atoms. The van der Waals surface area contributed by atoms with Gasteiger partial charge >= 0.3 is 0 Å². The lowest BCUT2D eigenvalue weighted by molar-refractivity contribution is -0.116. The molecular weight excluding hydrogens is 202 g/mol. The Morgan fingerprint density at radius 2 is 2.31 bits per heavy atom. The minimum atomic E-state index is 0.0832. The predicted molar refractivity (Wildman–Crippen MR) is 63.1 cm³/mol. The molecule has 1 atom stereocenters. The van der Waals surface area contributed by atoms with Gasteiger partial charge in [-0.2, -0.15) is 0 Å². The van der Waals surface area contributed by atoms with Crippen molar-refractivity contribution in [2.45, 2.75) is 31.7 Å². The van der Waals surface area contributed by atoms with Gasteiger partial charge in [0.25, 0.3) is 0 Å². The zero-order valence-electron chi connectivity index (χ0n) is 9.28. The zero-order valence-corrected chi connectivity index (χ0v) is 9.28. The number of aromatic nitrogens is 1. The Labute approximate surface area is 95.5 Å². The van der Waals surface area contributed by atoms with Crippen LogP contribution in [0, 0.1) is 0 Å². The number of hydrogen-bond donors (Lipinski definition) is 2. The molecule has 0 saturated carbocycles. The topological polar surface area (TPSA) is 54.0 Å². The number of nitrogens with one attached hydrogen (secondary N) is 2. The van der Waals surface area contributed by atoms with Crippen LogP contribution in [0.15, 0.2) is 24.5 Å². The standard InChI is InChI=1S/C12H17N3O/c16-12(4-3-10-2-1-7-14-10)15-11-5-8-13-9-6-11/h5-6,8-10,14H,1-4,7H2,(H,13,15,16). The van der Waals surface area contributed by atoms with E-state index in [0.29, 0.717) is 12.5 Å². The Kier molecular flexibility index (Phi) is 3.88. The smallest absolute Gasteiger partial charge is 0.224 e. The summed E-state index contributed by atoms with van der Waals surface area (Å²) in [6.07, 6.45) is 7.29. The second-order valence-corrected chi connectivity index (χ2v) is 4.12. The van der Waals surface area contributed by atoms with Crippen LogP contribution in [0.5, 0.6) is 0 Å². The first-order chi connectivity index (χ1) is 7.84. The molecule has 0 radical (unpaired) electrons. The monoisotopic (exact) mass is 219 g/mol. The van der Waals surface area contributed by atoms with E-state index in [9.17, 15) is 4.79 Å². The molecule has 16 heavy (non-hydrogen) atoms. The van der Waals surface area contributed by atoms with Crippen molar-refractivity contribution in [3.8, 4) is 0 Å². The van der Waals surface area contributed by atoms with Gasteiger partial charge in [-0.15, -0.1) is 0 Å². The minimum absolute atomic E-state index is 0.0832. The van der Waals surface area contributed by atoms with Gasteiger partial charge in [0, 0.05) is 30.5 Å². The van der Waals surface area contributed by atoms with Crippen molar-refractivity contribution in [2.75, 3.05) is 11.9 Å². The SMILES string of the molecule is O=C(CCC1CCCN1)Nc1ccncc1. The number of carbonyl (C=O) groups excluding carboxylic acids is 1. The third-order valence-corrected chi connectivity index (χ3v) is 2.85. The highest BCUT2D eigenvalue weighted by Crippen LogP contribution is 2.11. The molecule has 1 aliphatic rings. The molecule has 1 aromatic rings. The second-order valence-electron chi connectivity index (χ2n) is 4.12. The number of amides is 1. The molecule has 2 heterocycles. The molecule has 4 heteroatoms. The largest absolute Gasteiger partial charge is 0.326 e. The van der Waals surface area contributed by atoms with Gasteiger partial charge in [-0.05, 0) is 37.9 Å². The number of pyridine rings is 1. The molecule has 0 bridgehead atoms. The molecule has 1 unspecified atom stereocenters. The van der Waals surface area contributed by atoms with Crippen LogP contribution in [0.25, 0.3) is 0 Å². The van der Waals surface area contributed by atoms with Crippen LogP contribution in [0.3, 0.4) is 0 Å². The Balaban J connectivity index is 1.72. The number of hydrogen-bond acceptors (Lipinski definition) is 3. The summed E-state index contributed by atoms with van der Waals surface area (Å²) >= 11 is 0. The third-order valence-electron chi connectivity index (χ3n) is 2.85. The molecule has 1 saturated heterocycles. The number of anilines is 1. The quantitative estimate of drug-likeness (QED) is 0.808. The predicted octanol–water partition coefficient (Wildman–Crippen LogP) is 1.55. The van der Waals surface area contributed by atoms with Crippen molar-refractivity contribution in [2.24, 2.45) is 0 Å². The summed E-state index contributed by atoms with van der Waals surface area (Å²) in [5.74, 6) is 0.0832. The molecule has 2 N–H and O–H groups in total. The maximum Gasteiger partial charge on any atom is 0.224 e. The van der Waals surface area contributed by atoms with E-state index in [1.54, 1.807) is 24.5 Å². The van der Waals surface area contributed by atoms with Gasteiger partial charge in [0.15, 0.2) is 0 Å². The van der Waals surface area contributed by atoms with Crippen molar-refractivity contribution in [3.63, 3.8) is 0 Å². The van der Waals surface area contributed by atoms with Gasteiger partial charge < -0.3 is 10.6 Å². The van der Waals surface area contributed by atoms with E-state index in [1.807, 2.05) is 0 Å². The minimum Gasteiger partial charge on any atom is -0.326 e. The first-order valence-corrected chi connectivity index (χ1v) is 5.78. The molecule has 0 aromatic carbocycles. The van der Waals surface area contributed by atoms with E-state index >= 15 is 0 Å². The van der Waals surface area contributed by atoms with Gasteiger partial charge in [-0.1, -0.05) is 0 Å². The van der Waals surface area contributed by atoms with Crippen LogP contribution in [-0.2, 0) is 4.79 Å². The van der Waals surface area contributed by atoms with Gasteiger partial charge in [0.1, 0.15) is 0 Å². The fourth-order valence-electron chi connectivity index (χ4n) is 1.97. The molecule has 4 nitrogen and oxygen atoms in total. The Bertz CT molecular complexity index is 333. The molecule has 0 aliphatic carbocycles. The highest BCUT2D eigenvalue weighted by atomic mass is 16.1. The van der Waals surface area contributed by atoms with Gasteiger partial charge in [0.2, 0.25) is 5.91 Å². The van der Waals surface area contributed by atoms with Crippen LogP contribution in [0.4, 0.5) is 5.69 Å². The Morgan fingerprint density at radius 3 is 3.00 bits per heavy atom. The van der Waals surface area contributed by atoms with Crippen LogP contribution in [-0.4, -0.2) is 23.5 Å². The summed E-state index contributed by atoms with van der Waals surface area (Å²) in [7, 11) is 0. The van der Waals surface area contributed by atoms with Crippen molar-refractivity contribution < 1.29 is 4.79 Å². The van der Waals surface area contributed by atoms with Crippen molar-refractivity contribution in [3.05, 3.63) is 24.5 Å². The molecule has 1 aromatic heterocycles. The highest BCUT2D eigenvalue weighted by molar-refractivity contribution is 5.90. The maximum absolute atomic E-state index is 11.6. The van der Waals surface area contributed by atoms with E-state index in [1.165, 1.54) is 12.8 Å². The normalized spacial score (nSPS) is 19.6. The first-order valence-electron chi connectivity index (χ1n) is 5.78. The lowest BCUT2D eigenvalue weighted by Gasteiger charge is -2.09. The highest BCUT2D eigenvalue weighted by Gasteiger charge is 2.15. The zero-order chi connectivity index (χ0) is 11.2. The summed E-state index contributed by atoms with van der Waals surface area (Å²) in [5.41, 5.74) is 0.819. The molecule has 86 valence electrons. The van der Waals surface area contributed by atoms with Crippen LogP contribution in [0.2, 0.25) is 0 Å². The van der Waals surface area contributed by atoms with E-state index in [0.717, 1.165) is 18.7 Å². The van der Waals surface area contributed by atoms with E-state index < -0.39 is 0 Å². The first kappa shape index (κ1) is 11.1. The number of carbonyl (C=O) groups is 1. The lowest BCUT2D eigenvalue weighted by Crippen LogP contribution is -2.23. The van der Waals surface area contributed by atoms with Crippen LogP contribution < -0.4 is 10.6 Å². The summed E-state index contributed by atoms with van der Waals surface area (Å²) in [4.78, 5) is 15.5. The summed E-state index contributed by atoms with van der Waals surface area (Å²) in [6.45, 7) is 1.09. The fraction of sp³-hybridized carbons (Fsp3) is 0.500. The van der Waals surface area contributed by atoms with Crippen LogP contribution >= 0.6 is 0 Å². The van der Waals surface area contributed by atoms with Crippen molar-refractivity contribution >= 4 is 11.6 Å². The number of rotatable bonds is 4. The summed E-state index contributed by atoms with van der Waals surface area (Å²) in [5, 5.41) is 6.24. The fourth-order valence-corrected chi connectivity index (χ4v) is 1.97. The average Bonchev–Trinajstić information content (AvgIpc) is 2.81.